The van der Waals surface area contributed by atoms with Crippen molar-refractivity contribution >= 4 is 35.1 Å². The molecule has 0 saturated carbocycles. The molecule has 43 heavy (non-hydrogen) atoms. The van der Waals surface area contributed by atoms with Gasteiger partial charge in [-0.15, -0.1) is 0 Å². The Balaban J connectivity index is 1.68. The van der Waals surface area contributed by atoms with E-state index >= 15 is 0 Å². The van der Waals surface area contributed by atoms with Crippen LogP contribution >= 0.6 is 0 Å². The van der Waals surface area contributed by atoms with E-state index < -0.39 is 11.9 Å². The van der Waals surface area contributed by atoms with Crippen LogP contribution in [-0.4, -0.2) is 44.1 Å². The van der Waals surface area contributed by atoms with Crippen molar-refractivity contribution in [3.8, 4) is 11.5 Å². The second kappa shape index (κ2) is 16.7. The highest BCUT2D eigenvalue weighted by atomic mass is 16.5. The lowest BCUT2D eigenvalue weighted by Crippen LogP contribution is -2.17. The largest absolute Gasteiger partial charge is 0.491 e. The fraction of sp³-hybridized carbons (Fsp3) is 0.333. The van der Waals surface area contributed by atoms with Crippen molar-refractivity contribution in [1.82, 2.24) is 0 Å². The van der Waals surface area contributed by atoms with Crippen LogP contribution in [0, 0.1) is 6.92 Å². The number of methoxy groups -OCH3 is 1. The van der Waals surface area contributed by atoms with Crippen LogP contribution < -0.4 is 20.1 Å². The number of hydrogen-bond acceptors (Lipinski definition) is 8. The maximum absolute atomic E-state index is 13.3. The molecule has 0 radical (unpaired) electrons. The Kier molecular flexibility index (Phi) is 12.7. The maximum atomic E-state index is 13.3. The van der Waals surface area contributed by atoms with Gasteiger partial charge in [0.15, 0.2) is 0 Å². The van der Waals surface area contributed by atoms with E-state index in [-0.39, 0.29) is 29.8 Å². The molecule has 3 rings (SSSR count). The molecule has 10 nitrogen and oxygen atoms in total. The second-order valence-corrected chi connectivity index (χ2v) is 9.77. The molecule has 10 heteroatoms. The highest BCUT2D eigenvalue weighted by Crippen LogP contribution is 2.28. The van der Waals surface area contributed by atoms with Crippen molar-refractivity contribution in [3.63, 3.8) is 0 Å². The number of carbonyl (C=O) groups is 4. The number of esters is 2. The zero-order valence-electron chi connectivity index (χ0n) is 25.0. The SMILES string of the molecule is CCOC(=O)CCCCCOc1cc(C)ccc1NC(=O)c1ccc(NC(=O)c2ccccc2OC(C)=O)c(COC)c1. The molecule has 2 N–H and O–H groups in total. The van der Waals surface area contributed by atoms with Crippen molar-refractivity contribution in [1.29, 1.82) is 0 Å². The van der Waals surface area contributed by atoms with E-state index in [9.17, 15) is 19.2 Å². The highest BCUT2D eigenvalue weighted by Gasteiger charge is 2.17. The van der Waals surface area contributed by atoms with Crippen molar-refractivity contribution in [2.75, 3.05) is 31.0 Å². The molecule has 0 aliphatic carbocycles. The second-order valence-electron chi connectivity index (χ2n) is 9.77. The van der Waals surface area contributed by atoms with Crippen LogP contribution in [0.25, 0.3) is 0 Å². The minimum Gasteiger partial charge on any atom is -0.491 e. The normalized spacial score (nSPS) is 10.5. The Morgan fingerprint density at radius 1 is 0.814 bits per heavy atom. The van der Waals surface area contributed by atoms with E-state index in [2.05, 4.69) is 10.6 Å². The first-order valence-electron chi connectivity index (χ1n) is 14.1. The van der Waals surface area contributed by atoms with Crippen LogP contribution in [0.15, 0.2) is 60.7 Å². The van der Waals surface area contributed by atoms with Crippen LogP contribution in [0.2, 0.25) is 0 Å². The van der Waals surface area contributed by atoms with E-state index in [4.69, 9.17) is 18.9 Å². The maximum Gasteiger partial charge on any atom is 0.308 e. The lowest BCUT2D eigenvalue weighted by atomic mass is 10.1. The molecule has 2 amide bonds. The number of rotatable bonds is 15. The number of para-hydroxylation sites is 1. The quantitative estimate of drug-likeness (QED) is 0.124. The Labute approximate surface area is 251 Å². The summed E-state index contributed by atoms with van der Waals surface area (Å²) in [5.74, 6) is -0.882. The summed E-state index contributed by atoms with van der Waals surface area (Å²) in [6.45, 7) is 5.93. The zero-order valence-corrected chi connectivity index (χ0v) is 25.0. The molecule has 3 aromatic carbocycles. The van der Waals surface area contributed by atoms with Gasteiger partial charge in [0, 0.05) is 37.3 Å². The van der Waals surface area contributed by atoms with Gasteiger partial charge in [-0.05, 0) is 81.1 Å². The van der Waals surface area contributed by atoms with Crippen molar-refractivity contribution in [2.24, 2.45) is 0 Å². The number of ether oxygens (including phenoxy) is 4. The molecule has 0 saturated heterocycles. The number of anilines is 2. The molecule has 0 unspecified atom stereocenters. The smallest absolute Gasteiger partial charge is 0.308 e. The predicted molar refractivity (Wildman–Crippen MR) is 163 cm³/mol. The van der Waals surface area contributed by atoms with Gasteiger partial charge < -0.3 is 29.6 Å². The fourth-order valence-corrected chi connectivity index (χ4v) is 4.23. The lowest BCUT2D eigenvalue weighted by Gasteiger charge is -2.16. The number of nitrogens with one attached hydrogen (secondary N) is 2. The summed E-state index contributed by atoms with van der Waals surface area (Å²) in [5.41, 5.74) is 3.08. The minimum absolute atomic E-state index is 0.136. The molecule has 228 valence electrons. The van der Waals surface area contributed by atoms with Gasteiger partial charge in [0.2, 0.25) is 0 Å². The number of carbonyl (C=O) groups excluding carboxylic acids is 4. The van der Waals surface area contributed by atoms with Crippen LogP contribution in [0.4, 0.5) is 11.4 Å². The van der Waals surface area contributed by atoms with E-state index in [0.717, 1.165) is 24.8 Å². The molecule has 0 aliphatic heterocycles. The standard InChI is InChI=1S/C33H38N2O8/c1-5-41-31(37)13-7-6-10-18-42-30-19-22(2)14-16-28(30)35-32(38)24-15-17-27(25(20-24)21-40-4)34-33(39)26-11-8-9-12-29(26)43-23(3)36/h8-9,11-12,14-17,19-20H,5-7,10,13,18,21H2,1-4H3,(H,34,39)(H,35,38). The first kappa shape index (κ1) is 32.8. The number of amides is 2. The number of unbranched alkanes of at least 4 members (excludes halogenated alkanes) is 2. The Morgan fingerprint density at radius 3 is 2.30 bits per heavy atom. The first-order valence-corrected chi connectivity index (χ1v) is 14.1. The molecular weight excluding hydrogens is 552 g/mol. The number of hydrogen-bond donors (Lipinski definition) is 2. The highest BCUT2D eigenvalue weighted by molar-refractivity contribution is 6.08. The Hall–Kier alpha value is -4.70. The van der Waals surface area contributed by atoms with Crippen molar-refractivity contribution in [3.05, 3.63) is 82.9 Å². The van der Waals surface area contributed by atoms with Crippen LogP contribution in [0.1, 0.15) is 71.4 Å². The molecule has 0 bridgehead atoms. The van der Waals surface area contributed by atoms with Gasteiger partial charge in [0.25, 0.3) is 11.8 Å². The van der Waals surface area contributed by atoms with Gasteiger partial charge in [-0.1, -0.05) is 18.2 Å². The van der Waals surface area contributed by atoms with Gasteiger partial charge >= 0.3 is 11.9 Å². The summed E-state index contributed by atoms with van der Waals surface area (Å²) in [7, 11) is 1.51. The monoisotopic (exact) mass is 590 g/mol. The minimum atomic E-state index is -0.538. The summed E-state index contributed by atoms with van der Waals surface area (Å²) in [6.07, 6.45) is 2.67. The molecule has 3 aromatic rings. The predicted octanol–water partition coefficient (Wildman–Crippen LogP) is 6.07. The molecule has 0 aliphatic rings. The Bertz CT molecular complexity index is 1440. The molecule has 0 atom stereocenters. The van der Waals surface area contributed by atoms with Gasteiger partial charge in [-0.2, -0.15) is 0 Å². The van der Waals surface area contributed by atoms with Gasteiger partial charge in [-0.25, -0.2) is 0 Å². The van der Waals surface area contributed by atoms with Gasteiger partial charge in [0.1, 0.15) is 11.5 Å². The van der Waals surface area contributed by atoms with Crippen molar-refractivity contribution in [2.45, 2.75) is 53.1 Å². The molecule has 0 fully saturated rings. The average molecular weight is 591 g/mol. The van der Waals surface area contributed by atoms with Gasteiger partial charge in [-0.3, -0.25) is 19.2 Å². The van der Waals surface area contributed by atoms with E-state index in [1.165, 1.54) is 20.1 Å². The lowest BCUT2D eigenvalue weighted by molar-refractivity contribution is -0.143. The number of benzene rings is 3. The molecular formula is C33H38N2O8. The summed E-state index contributed by atoms with van der Waals surface area (Å²) in [5, 5.41) is 5.73. The van der Waals surface area contributed by atoms with E-state index in [1.54, 1.807) is 49.4 Å². The summed E-state index contributed by atoms with van der Waals surface area (Å²) in [6, 6.07) is 16.8. The van der Waals surface area contributed by atoms with Crippen molar-refractivity contribution < 1.29 is 38.1 Å². The topological polar surface area (TPSA) is 129 Å². The van der Waals surface area contributed by atoms with Crippen LogP contribution in [-0.2, 0) is 25.7 Å². The zero-order chi connectivity index (χ0) is 31.2. The van der Waals surface area contributed by atoms with Crippen LogP contribution in [0.5, 0.6) is 11.5 Å². The Morgan fingerprint density at radius 2 is 1.56 bits per heavy atom. The third-order valence-electron chi connectivity index (χ3n) is 6.27. The molecule has 0 heterocycles. The first-order chi connectivity index (χ1) is 20.7. The summed E-state index contributed by atoms with van der Waals surface area (Å²) in [4.78, 5) is 49.2. The third kappa shape index (κ3) is 10.3. The van der Waals surface area contributed by atoms with Crippen LogP contribution in [0.3, 0.4) is 0 Å². The fourth-order valence-electron chi connectivity index (χ4n) is 4.23. The average Bonchev–Trinajstić information content (AvgIpc) is 2.97. The van der Waals surface area contributed by atoms with E-state index in [0.29, 0.717) is 47.9 Å². The molecule has 0 aromatic heterocycles. The van der Waals surface area contributed by atoms with Gasteiger partial charge in [0.05, 0.1) is 31.1 Å². The summed E-state index contributed by atoms with van der Waals surface area (Å²) < 4.78 is 21.4. The summed E-state index contributed by atoms with van der Waals surface area (Å²) >= 11 is 0. The van der Waals surface area contributed by atoms with E-state index in [1.807, 2.05) is 19.1 Å². The number of aryl methyl sites for hydroxylation is 1. The molecule has 0 spiro atoms. The third-order valence-corrected chi connectivity index (χ3v) is 6.27.